The van der Waals surface area contributed by atoms with E-state index in [2.05, 4.69) is 0 Å². The van der Waals surface area contributed by atoms with Crippen LogP contribution in [0.15, 0.2) is 48.5 Å². The fourth-order valence-electron chi connectivity index (χ4n) is 3.18. The van der Waals surface area contributed by atoms with Crippen molar-refractivity contribution in [1.29, 1.82) is 0 Å². The van der Waals surface area contributed by atoms with E-state index < -0.39 is 12.1 Å². The van der Waals surface area contributed by atoms with Gasteiger partial charge in [0.05, 0.1) is 0 Å². The molecule has 1 aliphatic heterocycles. The number of hydrogen-bond acceptors (Lipinski definition) is 4. The van der Waals surface area contributed by atoms with Crippen molar-refractivity contribution in [2.24, 2.45) is 0 Å². The number of anilines is 1. The minimum atomic E-state index is -0.913. The highest BCUT2D eigenvalue weighted by Gasteiger charge is 2.30. The fraction of sp³-hybridized carbons (Fsp3) is 0.200. The van der Waals surface area contributed by atoms with Crippen LogP contribution < -0.4 is 4.90 Å². The molecule has 1 amide bonds. The number of nitrogens with zero attached hydrogens (tertiary/aromatic N) is 1. The highest BCUT2D eigenvalue weighted by Crippen LogP contribution is 2.30. The predicted molar refractivity (Wildman–Crippen MR) is 99.2 cm³/mol. The van der Waals surface area contributed by atoms with Gasteiger partial charge in [-0.2, -0.15) is 0 Å². The Kier molecular flexibility index (Phi) is 4.20. The van der Waals surface area contributed by atoms with Gasteiger partial charge in [-0.05, 0) is 43.2 Å². The second-order valence-electron chi connectivity index (χ2n) is 6.18. The van der Waals surface area contributed by atoms with Crippen LogP contribution in [0.3, 0.4) is 0 Å². The number of ether oxygens (including phenoxy) is 1. The molecule has 2 aromatic carbocycles. The molecule has 1 aromatic heterocycles. The van der Waals surface area contributed by atoms with Crippen molar-refractivity contribution in [1.82, 2.24) is 0 Å². The summed E-state index contributed by atoms with van der Waals surface area (Å²) < 4.78 is 19.8. The molecule has 6 heteroatoms. The maximum absolute atomic E-state index is 13.8. The van der Waals surface area contributed by atoms with Crippen LogP contribution in [0.25, 0.3) is 10.1 Å². The number of carbonyl (C=O) groups excluding carboxylic acids is 2. The van der Waals surface area contributed by atoms with Gasteiger partial charge in [0.15, 0.2) is 6.10 Å². The molecular weight excluding hydrogens is 353 g/mol. The summed E-state index contributed by atoms with van der Waals surface area (Å²) in [6, 6.07) is 13.9. The lowest BCUT2D eigenvalue weighted by atomic mass is 10.2. The van der Waals surface area contributed by atoms with Crippen LogP contribution in [0.1, 0.15) is 22.2 Å². The fourth-order valence-corrected chi connectivity index (χ4v) is 4.14. The Labute approximate surface area is 153 Å². The Morgan fingerprint density at radius 3 is 2.81 bits per heavy atom. The van der Waals surface area contributed by atoms with Crippen LogP contribution in [0.2, 0.25) is 0 Å². The summed E-state index contributed by atoms with van der Waals surface area (Å²) in [4.78, 5) is 27.0. The van der Waals surface area contributed by atoms with Crippen LogP contribution in [0, 0.1) is 5.82 Å². The molecule has 0 N–H and O–H groups in total. The zero-order chi connectivity index (χ0) is 18.3. The molecule has 0 unspecified atom stereocenters. The van der Waals surface area contributed by atoms with Crippen LogP contribution in [-0.2, 0) is 16.0 Å². The lowest BCUT2D eigenvalue weighted by molar-refractivity contribution is -0.126. The number of fused-ring (bicyclic) bond motifs is 2. The first-order chi connectivity index (χ1) is 12.5. The van der Waals surface area contributed by atoms with Gasteiger partial charge in [0, 0.05) is 22.3 Å². The highest BCUT2D eigenvalue weighted by atomic mass is 32.1. The molecule has 0 radical (unpaired) electrons. The van der Waals surface area contributed by atoms with Gasteiger partial charge in [-0.25, -0.2) is 9.18 Å². The monoisotopic (exact) mass is 369 g/mol. The molecule has 0 saturated carbocycles. The van der Waals surface area contributed by atoms with Crippen molar-refractivity contribution in [3.8, 4) is 0 Å². The Morgan fingerprint density at radius 2 is 2.00 bits per heavy atom. The summed E-state index contributed by atoms with van der Waals surface area (Å²) >= 11 is 1.15. The molecule has 0 saturated heterocycles. The van der Waals surface area contributed by atoms with E-state index in [1.54, 1.807) is 24.0 Å². The Hall–Kier alpha value is -2.73. The molecule has 0 fully saturated rings. The van der Waals surface area contributed by atoms with Crippen molar-refractivity contribution in [3.63, 3.8) is 0 Å². The number of halogens is 1. The normalized spacial score (nSPS) is 14.3. The van der Waals surface area contributed by atoms with E-state index in [1.165, 1.54) is 12.1 Å². The van der Waals surface area contributed by atoms with E-state index in [0.29, 0.717) is 16.6 Å². The molecule has 26 heavy (non-hydrogen) atoms. The van der Waals surface area contributed by atoms with Gasteiger partial charge in [-0.1, -0.05) is 24.3 Å². The van der Waals surface area contributed by atoms with Crippen LogP contribution in [0.5, 0.6) is 0 Å². The third-order valence-electron chi connectivity index (χ3n) is 4.49. The van der Waals surface area contributed by atoms with Gasteiger partial charge < -0.3 is 9.64 Å². The molecule has 0 spiro atoms. The molecule has 0 aliphatic carbocycles. The van der Waals surface area contributed by atoms with E-state index in [-0.39, 0.29) is 16.6 Å². The van der Waals surface area contributed by atoms with E-state index in [0.717, 1.165) is 29.0 Å². The molecule has 1 atom stereocenters. The number of amides is 1. The van der Waals surface area contributed by atoms with E-state index in [4.69, 9.17) is 4.74 Å². The molecule has 132 valence electrons. The van der Waals surface area contributed by atoms with Gasteiger partial charge in [-0.3, -0.25) is 4.79 Å². The SMILES string of the molecule is C[C@@H](OC(=O)c1cc2c(F)cccc2s1)C(=O)N1CCc2ccccc21. The molecule has 2 heterocycles. The summed E-state index contributed by atoms with van der Waals surface area (Å²) in [5.41, 5.74) is 1.98. The van der Waals surface area contributed by atoms with Crippen molar-refractivity contribution < 1.29 is 18.7 Å². The number of carbonyl (C=O) groups is 2. The van der Waals surface area contributed by atoms with Crippen LogP contribution in [0.4, 0.5) is 10.1 Å². The maximum Gasteiger partial charge on any atom is 0.349 e. The number of hydrogen-bond donors (Lipinski definition) is 0. The predicted octanol–water partition coefficient (Wildman–Crippen LogP) is 4.18. The first-order valence-electron chi connectivity index (χ1n) is 8.33. The van der Waals surface area contributed by atoms with E-state index in [9.17, 15) is 14.0 Å². The summed E-state index contributed by atoms with van der Waals surface area (Å²) in [5.74, 6) is -1.25. The zero-order valence-corrected chi connectivity index (χ0v) is 14.9. The molecule has 4 nitrogen and oxygen atoms in total. The minimum Gasteiger partial charge on any atom is -0.448 e. The number of thiophene rings is 1. The van der Waals surface area contributed by atoms with Crippen molar-refractivity contribution in [3.05, 3.63) is 64.8 Å². The number of para-hydroxylation sites is 1. The maximum atomic E-state index is 13.8. The molecular formula is C20H16FNO3S. The van der Waals surface area contributed by atoms with E-state index in [1.807, 2.05) is 24.3 Å². The Bertz CT molecular complexity index is 1010. The highest BCUT2D eigenvalue weighted by molar-refractivity contribution is 7.20. The molecule has 3 aromatic rings. The summed E-state index contributed by atoms with van der Waals surface area (Å²) in [5, 5.41) is 0.386. The van der Waals surface area contributed by atoms with Crippen LogP contribution >= 0.6 is 11.3 Å². The lowest BCUT2D eigenvalue weighted by Gasteiger charge is -2.21. The number of benzene rings is 2. The largest absolute Gasteiger partial charge is 0.448 e. The zero-order valence-electron chi connectivity index (χ0n) is 14.1. The Balaban J connectivity index is 1.50. The summed E-state index contributed by atoms with van der Waals surface area (Å²) in [7, 11) is 0. The minimum absolute atomic E-state index is 0.254. The van der Waals surface area contributed by atoms with Gasteiger partial charge in [0.1, 0.15) is 10.7 Å². The smallest absolute Gasteiger partial charge is 0.349 e. The van der Waals surface area contributed by atoms with Crippen molar-refractivity contribution in [2.75, 3.05) is 11.4 Å². The average molecular weight is 369 g/mol. The number of rotatable bonds is 3. The second kappa shape index (κ2) is 6.53. The van der Waals surface area contributed by atoms with Crippen molar-refractivity contribution in [2.45, 2.75) is 19.4 Å². The first kappa shape index (κ1) is 16.7. The summed E-state index contributed by atoms with van der Waals surface area (Å²) in [6.45, 7) is 2.14. The first-order valence-corrected chi connectivity index (χ1v) is 9.14. The third kappa shape index (κ3) is 2.86. The van der Waals surface area contributed by atoms with Gasteiger partial charge >= 0.3 is 5.97 Å². The van der Waals surface area contributed by atoms with Gasteiger partial charge in [0.25, 0.3) is 5.91 Å². The van der Waals surface area contributed by atoms with Gasteiger partial charge in [-0.15, -0.1) is 11.3 Å². The second-order valence-corrected chi connectivity index (χ2v) is 7.26. The summed E-state index contributed by atoms with van der Waals surface area (Å²) in [6.07, 6.45) is -0.123. The standard InChI is InChI=1S/C20H16FNO3S/c1-12(19(23)22-10-9-13-5-2-3-7-16(13)22)25-20(24)18-11-14-15(21)6-4-8-17(14)26-18/h2-8,11-12H,9-10H2,1H3/t12-/m1/s1. The van der Waals surface area contributed by atoms with E-state index >= 15 is 0 Å². The van der Waals surface area contributed by atoms with Crippen molar-refractivity contribution >= 4 is 39.0 Å². The Morgan fingerprint density at radius 1 is 1.19 bits per heavy atom. The third-order valence-corrected chi connectivity index (χ3v) is 5.57. The van der Waals surface area contributed by atoms with Gasteiger partial charge in [0.2, 0.25) is 0 Å². The molecule has 4 rings (SSSR count). The molecule has 1 aliphatic rings. The number of esters is 1. The van der Waals surface area contributed by atoms with Crippen LogP contribution in [-0.4, -0.2) is 24.5 Å². The quantitative estimate of drug-likeness (QED) is 0.651. The average Bonchev–Trinajstić information content (AvgIpc) is 3.26. The molecule has 0 bridgehead atoms. The lowest BCUT2D eigenvalue weighted by Crippen LogP contribution is -2.39. The topological polar surface area (TPSA) is 46.6 Å².